The van der Waals surface area contributed by atoms with E-state index in [1.165, 1.54) is 0 Å². The van der Waals surface area contributed by atoms with Crippen molar-refractivity contribution in [3.8, 4) is 100 Å². The molecule has 0 N–H and O–H groups in total. The Bertz CT molecular complexity index is 7740. The fourth-order valence-corrected chi connectivity index (χ4v) is 22.5. The minimum Gasteiger partial charge on any atom is -0.311 e. The average molecular weight is 1860 g/mol. The highest BCUT2D eigenvalue weighted by Gasteiger charge is 2.46. The molecule has 142 heavy (non-hydrogen) atoms. The fraction of sp³-hybridized carbons (Fsp3) is 0.255. The van der Waals surface area contributed by atoms with Crippen LogP contribution in [-0.2, 0) is 44.8 Å². The maximum Gasteiger partial charge on any atom is 0.252 e. The summed E-state index contributed by atoms with van der Waals surface area (Å²) >= 11 is 0. The first-order valence-corrected chi connectivity index (χ1v) is 51.2. The van der Waals surface area contributed by atoms with Gasteiger partial charge in [-0.25, -0.2) is 0 Å². The van der Waals surface area contributed by atoms with Crippen LogP contribution in [0.25, 0.3) is 144 Å². The van der Waals surface area contributed by atoms with Crippen molar-refractivity contribution in [3.63, 3.8) is 0 Å². The molecule has 2 aliphatic heterocycles. The molecule has 0 unspecified atom stereocenters. The predicted octanol–water partition coefficient (Wildman–Crippen LogP) is 36.4. The van der Waals surface area contributed by atoms with Crippen LogP contribution in [0.15, 0.2) is 364 Å². The quantitative estimate of drug-likeness (QED) is 0.0750. The van der Waals surface area contributed by atoms with Crippen LogP contribution in [0, 0.1) is 37.9 Å². The minimum absolute atomic E-state index is 0.0925. The van der Waals surface area contributed by atoms with Crippen molar-refractivity contribution in [3.05, 3.63) is 403 Å². The highest BCUT2D eigenvalue weighted by Crippen LogP contribution is 2.55. The van der Waals surface area contributed by atoms with Gasteiger partial charge in [0.25, 0.3) is 6.71 Å². The largest absolute Gasteiger partial charge is 0.311 e. The molecule has 0 radical (unpaired) electrons. The Morgan fingerprint density at radius 2 is 0.479 bits per heavy atom. The van der Waals surface area contributed by atoms with Crippen molar-refractivity contribution in [1.82, 2.24) is 9.13 Å². The van der Waals surface area contributed by atoms with Gasteiger partial charge in [-0.3, -0.25) is 0 Å². The molecule has 0 aliphatic carbocycles. The third kappa shape index (κ3) is 19.3. The van der Waals surface area contributed by atoms with E-state index in [9.17, 15) is 8.22 Å². The van der Waals surface area contributed by atoms with Crippen LogP contribution in [0.5, 0.6) is 0 Å². The molecule has 4 heterocycles. The monoisotopic (exact) mass is 1860 g/mol. The van der Waals surface area contributed by atoms with E-state index in [0.29, 0.717) is 16.7 Å². The Kier molecular flexibility index (Phi) is 22.2. The summed E-state index contributed by atoms with van der Waals surface area (Å²) in [7, 11) is 0. The predicted molar refractivity (Wildman–Crippen MR) is 615 cm³/mol. The SMILES string of the molecule is [2H]C([2H])(c1cc2c3c(c1)N(c1cc(-c4cccc(CC(C)(C)C)c4)c(C([2H])([2H])C(C)(C)C)cc1-c1cccc(CC(C)(C)C)c1)c1cc(-n4c5ccc(-c6ccccc6)cc5c5cc(-c6ccccc6)ccc54)ccc1B3c1ccc(-n3c4ccc(-c5ccccc5)cc4c4cc(-c5ccccc5)ccc43)cc1N2c1cc(-c2cccc(CC(C)(C)C)c2)c(C([2H])([2H])C(C)(C)C)cc1-c1cccc(CC(C)(C)C)c1)C(C)(C)C. The van der Waals surface area contributed by atoms with Crippen LogP contribution in [0.2, 0.25) is 0 Å². The lowest BCUT2D eigenvalue weighted by Crippen LogP contribution is -2.61. The number of rotatable bonds is 19. The first-order chi connectivity index (χ1) is 70.0. The molecule has 21 rings (SSSR count). The lowest BCUT2D eigenvalue weighted by Gasteiger charge is -2.46. The van der Waals surface area contributed by atoms with E-state index in [-0.39, 0.29) is 21.7 Å². The summed E-state index contributed by atoms with van der Waals surface area (Å²) in [5.74, 6) is 0. The molecule has 0 atom stereocenters. The number of aromatic nitrogens is 2. The molecule has 0 saturated heterocycles. The molecule has 17 aromatic carbocycles. The second-order valence-corrected chi connectivity index (χ2v) is 48.3. The lowest BCUT2D eigenvalue weighted by molar-refractivity contribution is 0.410. The van der Waals surface area contributed by atoms with Gasteiger partial charge < -0.3 is 18.9 Å². The van der Waals surface area contributed by atoms with Crippen molar-refractivity contribution in [2.75, 3.05) is 9.80 Å². The van der Waals surface area contributed by atoms with Gasteiger partial charge in [-0.15, -0.1) is 0 Å². The van der Waals surface area contributed by atoms with Crippen LogP contribution in [0.3, 0.4) is 0 Å². The zero-order chi connectivity index (χ0) is 104. The van der Waals surface area contributed by atoms with E-state index in [4.69, 9.17) is 0 Å². The fourth-order valence-electron chi connectivity index (χ4n) is 22.5. The van der Waals surface area contributed by atoms with E-state index >= 15 is 0 Å². The van der Waals surface area contributed by atoms with Crippen LogP contribution >= 0.6 is 0 Å². The van der Waals surface area contributed by atoms with Crippen LogP contribution < -0.4 is 26.2 Å². The average Bonchev–Trinajstić information content (AvgIpc) is 0.903. The number of fused-ring (bicyclic) bond motifs is 10. The van der Waals surface area contributed by atoms with Crippen molar-refractivity contribution >= 4 is 101 Å². The maximum atomic E-state index is 11.4. The number of nitrogens with zero attached hydrogens (tertiary/aromatic N) is 4. The molecule has 0 saturated carbocycles. The molecule has 19 aromatic rings. The molecule has 4 nitrogen and oxygen atoms in total. The summed E-state index contributed by atoms with van der Waals surface area (Å²) in [5, 5.41) is 4.41. The summed E-state index contributed by atoms with van der Waals surface area (Å²) in [6, 6.07) is 134. The van der Waals surface area contributed by atoms with Gasteiger partial charge in [0, 0.05) is 75.0 Å². The maximum absolute atomic E-state index is 11.4. The summed E-state index contributed by atoms with van der Waals surface area (Å²) in [6.45, 7) is 45.2. The standard InChI is InChI=1S/C137H137BN4/c1-131(2,3)82-89-38-34-50-102(66-89)110-80-124(112(76-106(110)87-136(16,17)18)104-52-36-40-91(68-104)84-133(7,8)9)141-126-78-108(139-120-62-54-98(94-42-26-22-27-43-94)72-114(120)115-73-99(55-63-121(115)139)95-44-28-23-29-45-95)58-60-118(126)138-119-61-59-109(140-122-64-56-100(96-46-30-24-31-47-96)74-116(122)117-75-101(57-65-123(117)140)97-48-32-25-33-49-97)79-127(119)142(129-71-93(86-135(13,14)15)70-128(141)130(129)138)125-81-111(103-51-35-39-90(67-103)83-132(4,5)6)107(88-137(19,20)21)77-113(125)105-53-37-41-92(69-105)85-134(10,11)12/h22-81H,82-88H2,1-21H3/i86D2,87D2,88D2. The Morgan fingerprint density at radius 1 is 0.204 bits per heavy atom. The third-order valence-electron chi connectivity index (χ3n) is 27.7. The summed E-state index contributed by atoms with van der Waals surface area (Å²) in [6.07, 6.45) is -2.89. The van der Waals surface area contributed by atoms with E-state index in [0.717, 1.165) is 242 Å². The Balaban J connectivity index is 0.963. The van der Waals surface area contributed by atoms with Crippen LogP contribution in [0.1, 0.15) is 193 Å². The molecule has 708 valence electrons. The van der Waals surface area contributed by atoms with Gasteiger partial charge in [0.1, 0.15) is 0 Å². The van der Waals surface area contributed by atoms with Crippen LogP contribution in [-0.4, -0.2) is 15.8 Å². The van der Waals surface area contributed by atoms with Crippen molar-refractivity contribution in [2.24, 2.45) is 37.9 Å². The van der Waals surface area contributed by atoms with E-state index in [2.05, 4.69) is 466 Å². The normalized spacial score (nSPS) is 14.0. The van der Waals surface area contributed by atoms with Gasteiger partial charge in [-0.05, 0) is 325 Å². The molecular formula is C137H137BN4. The zero-order valence-corrected chi connectivity index (χ0v) is 86.8. The molecule has 5 heteroatoms. The first kappa shape index (κ1) is 87.1. The van der Waals surface area contributed by atoms with E-state index in [1.807, 2.05) is 62.3 Å². The third-order valence-corrected chi connectivity index (χ3v) is 27.7. The minimum atomic E-state index is -2.08. The molecule has 2 aromatic heterocycles. The summed E-state index contributed by atoms with van der Waals surface area (Å²) < 4.78 is 71.7. The molecule has 0 amide bonds. The van der Waals surface area contributed by atoms with E-state index in [1.54, 1.807) is 0 Å². The van der Waals surface area contributed by atoms with Gasteiger partial charge in [0.05, 0.1) is 33.4 Å². The highest BCUT2D eigenvalue weighted by molar-refractivity contribution is 7.00. The Morgan fingerprint density at radius 3 is 0.754 bits per heavy atom. The van der Waals surface area contributed by atoms with Crippen molar-refractivity contribution in [2.45, 2.75) is 190 Å². The molecule has 0 bridgehead atoms. The molecule has 0 fully saturated rings. The molecule has 0 spiro atoms. The summed E-state index contributed by atoms with van der Waals surface area (Å²) in [4.78, 5) is 5.01. The molecular weight excluding hydrogens is 1710 g/mol. The van der Waals surface area contributed by atoms with Crippen molar-refractivity contribution in [1.29, 1.82) is 0 Å². The Labute approximate surface area is 853 Å². The van der Waals surface area contributed by atoms with Crippen molar-refractivity contribution < 1.29 is 8.22 Å². The first-order valence-electron chi connectivity index (χ1n) is 54.2. The number of anilines is 6. The summed E-state index contributed by atoms with van der Waals surface area (Å²) in [5.41, 5.74) is 32.3. The van der Waals surface area contributed by atoms with Gasteiger partial charge >= 0.3 is 0 Å². The topological polar surface area (TPSA) is 16.3 Å². The van der Waals surface area contributed by atoms with Gasteiger partial charge in [0.2, 0.25) is 0 Å². The lowest BCUT2D eigenvalue weighted by atomic mass is 9.33. The highest BCUT2D eigenvalue weighted by atomic mass is 15.2. The number of hydrogen-bond donors (Lipinski definition) is 0. The second kappa shape index (κ2) is 36.2. The Hall–Kier alpha value is -14.0. The zero-order valence-electron chi connectivity index (χ0n) is 92.8. The number of hydrogen-bond acceptors (Lipinski definition) is 2. The van der Waals surface area contributed by atoms with Crippen LogP contribution in [0.4, 0.5) is 34.1 Å². The van der Waals surface area contributed by atoms with Gasteiger partial charge in [-0.2, -0.15) is 0 Å². The molecule has 2 aliphatic rings. The number of benzene rings is 17. The van der Waals surface area contributed by atoms with Gasteiger partial charge in [0.15, 0.2) is 0 Å². The van der Waals surface area contributed by atoms with E-state index < -0.39 is 42.1 Å². The van der Waals surface area contributed by atoms with Gasteiger partial charge in [-0.1, -0.05) is 400 Å². The smallest absolute Gasteiger partial charge is 0.252 e. The second-order valence-electron chi connectivity index (χ2n) is 48.3.